The zero-order valence-electron chi connectivity index (χ0n) is 14.3. The number of rotatable bonds is 5. The van der Waals surface area contributed by atoms with Crippen LogP contribution in [0.25, 0.3) is 0 Å². The van der Waals surface area contributed by atoms with E-state index in [2.05, 4.69) is 41.9 Å². The lowest BCUT2D eigenvalue weighted by molar-refractivity contribution is 0.357. The first-order chi connectivity index (χ1) is 11.8. The van der Waals surface area contributed by atoms with Crippen LogP contribution in [-0.2, 0) is 25.9 Å². The minimum absolute atomic E-state index is 0.433. The zero-order valence-corrected chi connectivity index (χ0v) is 14.3. The van der Waals surface area contributed by atoms with E-state index in [9.17, 15) is 0 Å². The summed E-state index contributed by atoms with van der Waals surface area (Å²) in [5, 5.41) is 8.18. The highest BCUT2D eigenvalue weighted by atomic mass is 15.4. The van der Waals surface area contributed by atoms with Gasteiger partial charge in [0.15, 0.2) is 5.82 Å². The van der Waals surface area contributed by atoms with Crippen molar-refractivity contribution in [1.82, 2.24) is 30.0 Å². The van der Waals surface area contributed by atoms with Crippen molar-refractivity contribution in [2.45, 2.75) is 58.2 Å². The molecule has 2 aromatic rings. The van der Waals surface area contributed by atoms with Gasteiger partial charge >= 0.3 is 0 Å². The average Bonchev–Trinajstić information content (AvgIpc) is 3.29. The predicted octanol–water partition coefficient (Wildman–Crippen LogP) is 1.34. The van der Waals surface area contributed by atoms with E-state index in [4.69, 9.17) is 0 Å². The molecule has 2 aromatic heterocycles. The van der Waals surface area contributed by atoms with Crippen LogP contribution >= 0.6 is 0 Å². The maximum atomic E-state index is 4.57. The number of hydrogen-bond acceptors (Lipinski definition) is 6. The van der Waals surface area contributed by atoms with Crippen LogP contribution < -0.4 is 10.2 Å². The highest BCUT2D eigenvalue weighted by molar-refractivity contribution is 5.30. The van der Waals surface area contributed by atoms with Gasteiger partial charge in [-0.3, -0.25) is 0 Å². The molecule has 4 rings (SSSR count). The lowest BCUT2D eigenvalue weighted by atomic mass is 10.1. The van der Waals surface area contributed by atoms with E-state index < -0.39 is 0 Å². The molecular weight excluding hydrogens is 302 g/mol. The van der Waals surface area contributed by atoms with Gasteiger partial charge in [-0.05, 0) is 19.3 Å². The lowest BCUT2D eigenvalue weighted by Gasteiger charge is -2.23. The number of aromatic nitrogens is 5. The van der Waals surface area contributed by atoms with Gasteiger partial charge < -0.3 is 10.2 Å². The van der Waals surface area contributed by atoms with Crippen LogP contribution in [0.4, 0.5) is 5.95 Å². The van der Waals surface area contributed by atoms with Crippen molar-refractivity contribution in [3.8, 4) is 0 Å². The Hall–Kier alpha value is -2.02. The van der Waals surface area contributed by atoms with Crippen LogP contribution in [-0.4, -0.2) is 43.9 Å². The Morgan fingerprint density at radius 1 is 1.21 bits per heavy atom. The number of nitrogens with zero attached hydrogens (tertiary/aromatic N) is 6. The first-order valence-corrected chi connectivity index (χ1v) is 9.03. The fraction of sp³-hybridized carbons (Fsp3) is 0.647. The Bertz CT molecular complexity index is 673. The molecule has 2 aliphatic heterocycles. The number of fused-ring (bicyclic) bond motifs is 1. The van der Waals surface area contributed by atoms with Crippen LogP contribution in [0.15, 0.2) is 12.4 Å². The van der Waals surface area contributed by atoms with Crippen LogP contribution in [0.5, 0.6) is 0 Å². The minimum Gasteiger partial charge on any atom is -0.341 e. The van der Waals surface area contributed by atoms with Gasteiger partial charge in [0.25, 0.3) is 0 Å². The third-order valence-corrected chi connectivity index (χ3v) is 4.89. The van der Waals surface area contributed by atoms with Crippen molar-refractivity contribution in [3.63, 3.8) is 0 Å². The predicted molar refractivity (Wildman–Crippen MR) is 91.8 cm³/mol. The van der Waals surface area contributed by atoms with E-state index in [0.717, 1.165) is 68.6 Å². The SMILES string of the molecule is CCc1nc2n(n1)CC(NCc1cnc(N3CCCC3)nc1)CC2. The molecule has 7 heteroatoms. The summed E-state index contributed by atoms with van der Waals surface area (Å²) >= 11 is 0. The lowest BCUT2D eigenvalue weighted by Crippen LogP contribution is -2.37. The zero-order chi connectivity index (χ0) is 16.4. The monoisotopic (exact) mass is 327 g/mol. The molecule has 0 spiro atoms. The Morgan fingerprint density at radius 3 is 2.75 bits per heavy atom. The van der Waals surface area contributed by atoms with E-state index >= 15 is 0 Å². The van der Waals surface area contributed by atoms with E-state index in [-0.39, 0.29) is 0 Å². The molecule has 0 aromatic carbocycles. The quantitative estimate of drug-likeness (QED) is 0.893. The maximum absolute atomic E-state index is 4.57. The Balaban J connectivity index is 1.32. The molecule has 1 saturated heterocycles. The summed E-state index contributed by atoms with van der Waals surface area (Å²) in [5.74, 6) is 2.95. The van der Waals surface area contributed by atoms with Gasteiger partial charge in [-0.1, -0.05) is 6.92 Å². The molecule has 4 heterocycles. The molecule has 128 valence electrons. The van der Waals surface area contributed by atoms with Crippen molar-refractivity contribution in [2.75, 3.05) is 18.0 Å². The van der Waals surface area contributed by atoms with Gasteiger partial charge in [-0.15, -0.1) is 0 Å². The molecular formula is C17H25N7. The third-order valence-electron chi connectivity index (χ3n) is 4.89. The number of hydrogen-bond donors (Lipinski definition) is 1. The Labute approximate surface area is 142 Å². The minimum atomic E-state index is 0.433. The van der Waals surface area contributed by atoms with Gasteiger partial charge in [0.1, 0.15) is 5.82 Å². The number of anilines is 1. The van der Waals surface area contributed by atoms with Crippen LogP contribution in [0.2, 0.25) is 0 Å². The number of nitrogens with one attached hydrogen (secondary N) is 1. The smallest absolute Gasteiger partial charge is 0.225 e. The van der Waals surface area contributed by atoms with Gasteiger partial charge in [0.05, 0.1) is 6.54 Å². The molecule has 24 heavy (non-hydrogen) atoms. The largest absolute Gasteiger partial charge is 0.341 e. The van der Waals surface area contributed by atoms with Crippen LogP contribution in [0, 0.1) is 0 Å². The summed E-state index contributed by atoms with van der Waals surface area (Å²) in [6.07, 6.45) is 9.40. The summed E-state index contributed by atoms with van der Waals surface area (Å²) in [4.78, 5) is 15.9. The Kier molecular flexibility index (Phi) is 4.42. The van der Waals surface area contributed by atoms with Crippen molar-refractivity contribution in [3.05, 3.63) is 29.6 Å². The molecule has 2 aliphatic rings. The van der Waals surface area contributed by atoms with Gasteiger partial charge in [-0.2, -0.15) is 5.10 Å². The van der Waals surface area contributed by atoms with E-state index in [1.54, 1.807) is 0 Å². The van der Waals surface area contributed by atoms with Gasteiger partial charge in [0.2, 0.25) is 5.95 Å². The van der Waals surface area contributed by atoms with E-state index in [1.807, 2.05) is 12.4 Å². The van der Waals surface area contributed by atoms with E-state index in [0.29, 0.717) is 6.04 Å². The molecule has 0 amide bonds. The molecule has 0 radical (unpaired) electrons. The Morgan fingerprint density at radius 2 is 2.00 bits per heavy atom. The summed E-state index contributed by atoms with van der Waals surface area (Å²) in [5.41, 5.74) is 1.14. The van der Waals surface area contributed by atoms with Crippen LogP contribution in [0.3, 0.4) is 0 Å². The van der Waals surface area contributed by atoms with Crippen molar-refractivity contribution in [1.29, 1.82) is 0 Å². The first kappa shape index (κ1) is 15.5. The fourth-order valence-electron chi connectivity index (χ4n) is 3.46. The topological polar surface area (TPSA) is 71.8 Å². The molecule has 0 aliphatic carbocycles. The van der Waals surface area contributed by atoms with E-state index in [1.165, 1.54) is 12.8 Å². The summed E-state index contributed by atoms with van der Waals surface area (Å²) in [6, 6.07) is 0.433. The summed E-state index contributed by atoms with van der Waals surface area (Å²) in [6.45, 7) is 5.97. The normalized spacial score (nSPS) is 20.4. The first-order valence-electron chi connectivity index (χ1n) is 9.03. The molecule has 1 N–H and O–H groups in total. The summed E-state index contributed by atoms with van der Waals surface area (Å²) < 4.78 is 2.06. The third kappa shape index (κ3) is 3.26. The second-order valence-electron chi connectivity index (χ2n) is 6.68. The molecule has 7 nitrogen and oxygen atoms in total. The van der Waals surface area contributed by atoms with Crippen molar-refractivity contribution >= 4 is 5.95 Å². The number of aryl methyl sites for hydroxylation is 2. The molecule has 0 bridgehead atoms. The second kappa shape index (κ2) is 6.84. The van der Waals surface area contributed by atoms with Crippen molar-refractivity contribution in [2.24, 2.45) is 0 Å². The van der Waals surface area contributed by atoms with Crippen LogP contribution in [0.1, 0.15) is 43.4 Å². The standard InChI is InChI=1S/C17H25N7/c1-2-15-21-16-6-5-14(12-24(16)22-15)18-9-13-10-19-17(20-11-13)23-7-3-4-8-23/h10-11,14,18H,2-9,12H2,1H3. The molecule has 1 unspecified atom stereocenters. The van der Waals surface area contributed by atoms with Crippen molar-refractivity contribution < 1.29 is 0 Å². The fourth-order valence-corrected chi connectivity index (χ4v) is 3.46. The molecule has 1 atom stereocenters. The molecule has 1 fully saturated rings. The highest BCUT2D eigenvalue weighted by Gasteiger charge is 2.21. The second-order valence-corrected chi connectivity index (χ2v) is 6.68. The highest BCUT2D eigenvalue weighted by Crippen LogP contribution is 2.16. The molecule has 0 saturated carbocycles. The summed E-state index contributed by atoms with van der Waals surface area (Å²) in [7, 11) is 0. The maximum Gasteiger partial charge on any atom is 0.225 e. The van der Waals surface area contributed by atoms with Gasteiger partial charge in [-0.25, -0.2) is 19.6 Å². The van der Waals surface area contributed by atoms with Gasteiger partial charge in [0, 0.05) is 56.5 Å². The average molecular weight is 327 g/mol.